The molecule has 0 atom stereocenters. The number of aromatic nitrogens is 2. The molecule has 0 spiro atoms. The number of rotatable bonds is 6. The molecular formula is C21H16ClN3O3S. The van der Waals surface area contributed by atoms with Crippen molar-refractivity contribution < 1.29 is 13.9 Å². The molecule has 4 aromatic rings. The van der Waals surface area contributed by atoms with Crippen LogP contribution in [0.1, 0.15) is 0 Å². The highest BCUT2D eigenvalue weighted by molar-refractivity contribution is 7.99. The number of amides is 1. The molecule has 0 aliphatic rings. The summed E-state index contributed by atoms with van der Waals surface area (Å²) < 4.78 is 10.8. The summed E-state index contributed by atoms with van der Waals surface area (Å²) in [6.45, 7) is 0. The average Bonchev–Trinajstić information content (AvgIpc) is 3.21. The second-order valence-corrected chi connectivity index (χ2v) is 7.46. The Morgan fingerprint density at radius 2 is 1.93 bits per heavy atom. The predicted octanol–water partition coefficient (Wildman–Crippen LogP) is 5.28. The van der Waals surface area contributed by atoms with Crippen LogP contribution in [0.25, 0.3) is 22.2 Å². The van der Waals surface area contributed by atoms with Crippen molar-refractivity contribution in [3.63, 3.8) is 0 Å². The van der Waals surface area contributed by atoms with E-state index >= 15 is 0 Å². The molecule has 1 amide bonds. The molecule has 0 aliphatic carbocycles. The van der Waals surface area contributed by atoms with Crippen LogP contribution in [0.5, 0.6) is 5.75 Å². The van der Waals surface area contributed by atoms with Gasteiger partial charge in [-0.2, -0.15) is 0 Å². The standard InChI is InChI=1S/C21H16ClN3O3S/c1-27-18-9-8-16(11-17(18)22)23-19(26)12-29-21-25-24-20(28-21)15-7-6-13-4-2-3-5-14(13)10-15/h2-11H,12H2,1H3,(H,23,26). The van der Waals surface area contributed by atoms with Crippen LogP contribution in [0.15, 0.2) is 70.3 Å². The molecule has 1 N–H and O–H groups in total. The number of anilines is 1. The van der Waals surface area contributed by atoms with E-state index in [-0.39, 0.29) is 11.7 Å². The largest absolute Gasteiger partial charge is 0.495 e. The third kappa shape index (κ3) is 4.52. The quantitative estimate of drug-likeness (QED) is 0.423. The van der Waals surface area contributed by atoms with Crippen LogP contribution in [0.3, 0.4) is 0 Å². The molecule has 1 aromatic heterocycles. The van der Waals surface area contributed by atoms with Gasteiger partial charge in [-0.05, 0) is 41.1 Å². The monoisotopic (exact) mass is 425 g/mol. The summed E-state index contributed by atoms with van der Waals surface area (Å²) in [5.41, 5.74) is 1.42. The molecule has 8 heteroatoms. The summed E-state index contributed by atoms with van der Waals surface area (Å²) in [5, 5.41) is 13.9. The first kappa shape index (κ1) is 19.3. The van der Waals surface area contributed by atoms with E-state index in [1.54, 1.807) is 18.2 Å². The molecular weight excluding hydrogens is 410 g/mol. The minimum atomic E-state index is -0.207. The van der Waals surface area contributed by atoms with Gasteiger partial charge in [-0.1, -0.05) is 53.7 Å². The van der Waals surface area contributed by atoms with E-state index < -0.39 is 0 Å². The molecule has 0 radical (unpaired) electrons. The first-order valence-electron chi connectivity index (χ1n) is 8.71. The Bertz CT molecular complexity index is 1180. The van der Waals surface area contributed by atoms with Gasteiger partial charge in [0.25, 0.3) is 5.22 Å². The van der Waals surface area contributed by atoms with E-state index in [0.717, 1.165) is 16.3 Å². The maximum atomic E-state index is 12.2. The van der Waals surface area contributed by atoms with Gasteiger partial charge in [-0.15, -0.1) is 10.2 Å². The molecule has 0 unspecified atom stereocenters. The molecule has 0 bridgehead atoms. The lowest BCUT2D eigenvalue weighted by molar-refractivity contribution is -0.113. The molecule has 6 nitrogen and oxygen atoms in total. The minimum absolute atomic E-state index is 0.128. The molecule has 146 valence electrons. The van der Waals surface area contributed by atoms with Gasteiger partial charge < -0.3 is 14.5 Å². The summed E-state index contributed by atoms with van der Waals surface area (Å²) in [5.74, 6) is 0.886. The molecule has 3 aromatic carbocycles. The highest BCUT2D eigenvalue weighted by atomic mass is 35.5. The van der Waals surface area contributed by atoms with Crippen LogP contribution in [0.4, 0.5) is 5.69 Å². The number of methoxy groups -OCH3 is 1. The molecule has 0 fully saturated rings. The number of ether oxygens (including phenoxy) is 1. The number of thioether (sulfide) groups is 1. The van der Waals surface area contributed by atoms with Gasteiger partial charge in [0.15, 0.2) is 0 Å². The minimum Gasteiger partial charge on any atom is -0.495 e. The van der Waals surface area contributed by atoms with Crippen LogP contribution in [-0.4, -0.2) is 29.0 Å². The van der Waals surface area contributed by atoms with Gasteiger partial charge in [0.1, 0.15) is 5.75 Å². The molecule has 1 heterocycles. The van der Waals surface area contributed by atoms with Crippen molar-refractivity contribution in [3.05, 3.63) is 65.7 Å². The highest BCUT2D eigenvalue weighted by Crippen LogP contribution is 2.28. The Labute approximate surface area is 176 Å². The van der Waals surface area contributed by atoms with E-state index in [9.17, 15) is 4.79 Å². The molecule has 0 saturated carbocycles. The van der Waals surface area contributed by atoms with Crippen molar-refractivity contribution >= 4 is 45.7 Å². The second-order valence-electron chi connectivity index (χ2n) is 6.12. The number of carbonyl (C=O) groups excluding carboxylic acids is 1. The van der Waals surface area contributed by atoms with Gasteiger partial charge >= 0.3 is 0 Å². The number of hydrogen-bond acceptors (Lipinski definition) is 6. The van der Waals surface area contributed by atoms with Crippen molar-refractivity contribution in [2.24, 2.45) is 0 Å². The number of halogens is 1. The second kappa shape index (κ2) is 8.55. The average molecular weight is 426 g/mol. The van der Waals surface area contributed by atoms with Crippen LogP contribution >= 0.6 is 23.4 Å². The zero-order valence-electron chi connectivity index (χ0n) is 15.4. The third-order valence-corrected chi connectivity index (χ3v) is 5.28. The maximum absolute atomic E-state index is 12.2. The van der Waals surface area contributed by atoms with Crippen molar-refractivity contribution in [1.29, 1.82) is 0 Å². The van der Waals surface area contributed by atoms with Crippen LogP contribution in [0.2, 0.25) is 5.02 Å². The van der Waals surface area contributed by atoms with E-state index in [1.807, 2.05) is 42.5 Å². The van der Waals surface area contributed by atoms with E-state index in [2.05, 4.69) is 15.5 Å². The van der Waals surface area contributed by atoms with E-state index in [0.29, 0.717) is 27.6 Å². The molecule has 4 rings (SSSR count). The van der Waals surface area contributed by atoms with Gasteiger partial charge in [-0.3, -0.25) is 4.79 Å². The SMILES string of the molecule is COc1ccc(NC(=O)CSc2nnc(-c3ccc4ccccc4c3)o2)cc1Cl. The zero-order valence-corrected chi connectivity index (χ0v) is 17.0. The number of nitrogens with one attached hydrogen (secondary N) is 1. The molecule has 0 aliphatic heterocycles. The van der Waals surface area contributed by atoms with E-state index in [1.165, 1.54) is 18.9 Å². The fourth-order valence-corrected chi connectivity index (χ4v) is 3.60. The third-order valence-electron chi connectivity index (χ3n) is 4.17. The fourth-order valence-electron chi connectivity index (χ4n) is 2.78. The topological polar surface area (TPSA) is 77.2 Å². The number of carbonyl (C=O) groups is 1. The number of benzene rings is 3. The Hall–Kier alpha value is -3.03. The van der Waals surface area contributed by atoms with Gasteiger partial charge in [0.05, 0.1) is 17.9 Å². The lowest BCUT2D eigenvalue weighted by Gasteiger charge is -2.07. The molecule has 29 heavy (non-hydrogen) atoms. The highest BCUT2D eigenvalue weighted by Gasteiger charge is 2.12. The maximum Gasteiger partial charge on any atom is 0.277 e. The summed E-state index contributed by atoms with van der Waals surface area (Å²) in [4.78, 5) is 12.2. The Kier molecular flexibility index (Phi) is 5.69. The number of fused-ring (bicyclic) bond motifs is 1. The van der Waals surface area contributed by atoms with Crippen molar-refractivity contribution in [2.75, 3.05) is 18.2 Å². The zero-order chi connectivity index (χ0) is 20.2. The number of nitrogens with zero attached hydrogens (tertiary/aromatic N) is 2. The van der Waals surface area contributed by atoms with Crippen molar-refractivity contribution in [2.45, 2.75) is 5.22 Å². The summed E-state index contributed by atoms with van der Waals surface area (Å²) in [7, 11) is 1.53. The summed E-state index contributed by atoms with van der Waals surface area (Å²) in [6, 6.07) is 19.0. The van der Waals surface area contributed by atoms with Gasteiger partial charge in [0, 0.05) is 11.3 Å². The van der Waals surface area contributed by atoms with E-state index in [4.69, 9.17) is 20.8 Å². The first-order chi connectivity index (χ1) is 14.1. The summed E-state index contributed by atoms with van der Waals surface area (Å²) in [6.07, 6.45) is 0. The summed E-state index contributed by atoms with van der Waals surface area (Å²) >= 11 is 7.24. The van der Waals surface area contributed by atoms with Crippen LogP contribution in [-0.2, 0) is 4.79 Å². The lowest BCUT2D eigenvalue weighted by atomic mass is 10.1. The smallest absolute Gasteiger partial charge is 0.277 e. The fraction of sp³-hybridized carbons (Fsp3) is 0.0952. The normalized spacial score (nSPS) is 10.8. The molecule has 0 saturated heterocycles. The van der Waals surface area contributed by atoms with Crippen LogP contribution < -0.4 is 10.1 Å². The number of hydrogen-bond donors (Lipinski definition) is 1. The van der Waals surface area contributed by atoms with Crippen LogP contribution in [0, 0.1) is 0 Å². The lowest BCUT2D eigenvalue weighted by Crippen LogP contribution is -2.14. The van der Waals surface area contributed by atoms with Crippen molar-refractivity contribution in [3.8, 4) is 17.2 Å². The van der Waals surface area contributed by atoms with Crippen molar-refractivity contribution in [1.82, 2.24) is 10.2 Å². The van der Waals surface area contributed by atoms with Gasteiger partial charge in [-0.25, -0.2) is 0 Å². The van der Waals surface area contributed by atoms with Gasteiger partial charge in [0.2, 0.25) is 11.8 Å². The Morgan fingerprint density at radius 3 is 2.72 bits per heavy atom. The predicted molar refractivity (Wildman–Crippen MR) is 115 cm³/mol. The Balaban J connectivity index is 1.38. The first-order valence-corrected chi connectivity index (χ1v) is 10.1. The Morgan fingerprint density at radius 1 is 1.10 bits per heavy atom.